The maximum Gasteiger partial charge on any atom is 0.235 e. The van der Waals surface area contributed by atoms with Gasteiger partial charge in [0.1, 0.15) is 17.6 Å². The molecule has 2 aromatic carbocycles. The molecule has 4 rings (SSSR count). The second kappa shape index (κ2) is 10.4. The van der Waals surface area contributed by atoms with Crippen LogP contribution in [0.3, 0.4) is 0 Å². The minimum atomic E-state index is -0.226. The highest BCUT2D eigenvalue weighted by Crippen LogP contribution is 2.31. The van der Waals surface area contributed by atoms with Gasteiger partial charge in [0.2, 0.25) is 11.0 Å². The number of benzene rings is 2. The number of methoxy groups -OCH3 is 1. The molecule has 2 heterocycles. The quantitative estimate of drug-likeness (QED) is 0.323. The Labute approximate surface area is 205 Å². The van der Waals surface area contributed by atoms with E-state index in [9.17, 15) is 10.1 Å². The summed E-state index contributed by atoms with van der Waals surface area (Å²) in [5.74, 6) is 1.16. The van der Waals surface area contributed by atoms with E-state index >= 15 is 0 Å². The van der Waals surface area contributed by atoms with Crippen molar-refractivity contribution in [3.8, 4) is 17.5 Å². The van der Waals surface area contributed by atoms with Crippen LogP contribution in [-0.2, 0) is 4.79 Å². The lowest BCUT2D eigenvalue weighted by molar-refractivity contribution is -0.113. The Balaban J connectivity index is 1.43. The number of nitrogens with one attached hydrogen (secondary N) is 2. The fourth-order valence-corrected chi connectivity index (χ4v) is 4.94. The van der Waals surface area contributed by atoms with Crippen LogP contribution in [0.2, 0.25) is 0 Å². The van der Waals surface area contributed by atoms with Gasteiger partial charge in [0.25, 0.3) is 0 Å². The van der Waals surface area contributed by atoms with Crippen molar-refractivity contribution in [1.82, 2.24) is 14.8 Å². The van der Waals surface area contributed by atoms with Gasteiger partial charge in [-0.3, -0.25) is 9.36 Å². The third-order valence-electron chi connectivity index (χ3n) is 5.17. The van der Waals surface area contributed by atoms with Crippen molar-refractivity contribution in [2.75, 3.05) is 23.5 Å². The zero-order valence-corrected chi connectivity index (χ0v) is 20.5. The van der Waals surface area contributed by atoms with Crippen LogP contribution in [0.5, 0.6) is 5.75 Å². The number of nitrogens with zero attached hydrogens (tertiary/aromatic N) is 4. The van der Waals surface area contributed by atoms with E-state index in [1.165, 1.54) is 23.1 Å². The molecule has 34 heavy (non-hydrogen) atoms. The highest BCUT2D eigenvalue weighted by molar-refractivity contribution is 8.01. The predicted octanol–water partition coefficient (Wildman–Crippen LogP) is 5.30. The molecule has 4 aromatic rings. The molecule has 0 aliphatic rings. The number of carbonyl (C=O) groups is 1. The molecule has 0 atom stereocenters. The summed E-state index contributed by atoms with van der Waals surface area (Å²) in [4.78, 5) is 12.8. The summed E-state index contributed by atoms with van der Waals surface area (Å²) in [7, 11) is 1.62. The fourth-order valence-electron chi connectivity index (χ4n) is 3.37. The molecule has 2 N–H and O–H groups in total. The van der Waals surface area contributed by atoms with Gasteiger partial charge in [-0.25, -0.2) is 0 Å². The van der Waals surface area contributed by atoms with E-state index in [2.05, 4.69) is 26.9 Å². The molecule has 0 fully saturated rings. The Morgan fingerprint density at radius 2 is 1.88 bits per heavy atom. The van der Waals surface area contributed by atoms with Crippen molar-refractivity contribution < 1.29 is 9.53 Å². The molecule has 0 saturated carbocycles. The van der Waals surface area contributed by atoms with Crippen LogP contribution in [0.1, 0.15) is 16.8 Å². The van der Waals surface area contributed by atoms with Gasteiger partial charge in [-0.15, -0.1) is 10.2 Å². The number of ether oxygens (including phenoxy) is 1. The van der Waals surface area contributed by atoms with Crippen LogP contribution in [-0.4, -0.2) is 33.5 Å². The topological polar surface area (TPSA) is 105 Å². The van der Waals surface area contributed by atoms with Gasteiger partial charge in [-0.05, 0) is 55.8 Å². The molecule has 1 amide bonds. The van der Waals surface area contributed by atoms with Crippen LogP contribution in [0.4, 0.5) is 16.6 Å². The molecule has 0 aliphatic heterocycles. The number of carbonyl (C=O) groups excluding carboxylic acids is 1. The van der Waals surface area contributed by atoms with Crippen molar-refractivity contribution in [1.29, 1.82) is 5.26 Å². The van der Waals surface area contributed by atoms with Gasteiger partial charge in [0.05, 0.1) is 18.4 Å². The zero-order valence-electron chi connectivity index (χ0n) is 18.8. The summed E-state index contributed by atoms with van der Waals surface area (Å²) in [6, 6.07) is 19.4. The first-order valence-electron chi connectivity index (χ1n) is 10.3. The first-order chi connectivity index (χ1) is 16.5. The highest BCUT2D eigenvalue weighted by Gasteiger charge is 2.21. The molecule has 0 spiro atoms. The summed E-state index contributed by atoms with van der Waals surface area (Å²) in [6.45, 7) is 3.82. The lowest BCUT2D eigenvalue weighted by Crippen LogP contribution is -2.17. The van der Waals surface area contributed by atoms with E-state index in [0.717, 1.165) is 28.4 Å². The Morgan fingerprint density at radius 1 is 1.15 bits per heavy atom. The second-order valence-corrected chi connectivity index (χ2v) is 9.48. The van der Waals surface area contributed by atoms with Crippen molar-refractivity contribution >= 4 is 45.6 Å². The summed E-state index contributed by atoms with van der Waals surface area (Å²) in [5.41, 5.74) is 3.95. The van der Waals surface area contributed by atoms with Crippen LogP contribution in [0, 0.1) is 25.2 Å². The van der Waals surface area contributed by atoms with E-state index in [1.54, 1.807) is 7.11 Å². The van der Waals surface area contributed by atoms with Crippen LogP contribution < -0.4 is 15.4 Å². The molecular weight excluding hydrogens is 468 g/mol. The van der Waals surface area contributed by atoms with E-state index in [1.807, 2.05) is 73.0 Å². The van der Waals surface area contributed by atoms with Crippen molar-refractivity contribution in [2.24, 2.45) is 0 Å². The smallest absolute Gasteiger partial charge is 0.235 e. The maximum absolute atomic E-state index is 12.8. The lowest BCUT2D eigenvalue weighted by Gasteiger charge is -2.13. The molecule has 2 aromatic heterocycles. The SMILES string of the molecule is COc1ccc(Nc2nnc(SCC(=O)Nc3c(C#N)c(C)c(C)n3-c3ccccc3)s2)cc1. The molecule has 0 radical (unpaired) electrons. The number of aromatic nitrogens is 3. The van der Waals surface area contributed by atoms with Gasteiger partial charge in [-0.1, -0.05) is 41.3 Å². The second-order valence-electron chi connectivity index (χ2n) is 7.28. The van der Waals surface area contributed by atoms with E-state index < -0.39 is 0 Å². The minimum absolute atomic E-state index is 0.139. The zero-order chi connectivity index (χ0) is 24.1. The summed E-state index contributed by atoms with van der Waals surface area (Å²) in [6.07, 6.45) is 0. The highest BCUT2D eigenvalue weighted by atomic mass is 32.2. The largest absolute Gasteiger partial charge is 0.497 e. The van der Waals surface area contributed by atoms with Crippen LogP contribution >= 0.6 is 23.1 Å². The van der Waals surface area contributed by atoms with Gasteiger partial charge in [0, 0.05) is 17.1 Å². The molecule has 172 valence electrons. The number of amides is 1. The van der Waals surface area contributed by atoms with Gasteiger partial charge < -0.3 is 15.4 Å². The average molecular weight is 491 g/mol. The van der Waals surface area contributed by atoms with Gasteiger partial charge in [0.15, 0.2) is 4.34 Å². The lowest BCUT2D eigenvalue weighted by atomic mass is 10.2. The Kier molecular flexibility index (Phi) is 7.15. The van der Waals surface area contributed by atoms with Crippen molar-refractivity contribution in [3.63, 3.8) is 0 Å². The number of rotatable bonds is 8. The number of hydrogen-bond donors (Lipinski definition) is 2. The molecular formula is C24H22N6O2S2. The van der Waals surface area contributed by atoms with E-state index in [-0.39, 0.29) is 11.7 Å². The fraction of sp³-hybridized carbons (Fsp3) is 0.167. The van der Waals surface area contributed by atoms with Gasteiger partial charge >= 0.3 is 0 Å². The normalized spacial score (nSPS) is 10.5. The number of thioether (sulfide) groups is 1. The first kappa shape index (κ1) is 23.4. The van der Waals surface area contributed by atoms with Crippen LogP contribution in [0.15, 0.2) is 58.9 Å². The third kappa shape index (κ3) is 5.06. The third-order valence-corrected chi connectivity index (χ3v) is 7.14. The molecule has 10 heteroatoms. The summed E-state index contributed by atoms with van der Waals surface area (Å²) >= 11 is 2.65. The van der Waals surface area contributed by atoms with Gasteiger partial charge in [-0.2, -0.15) is 5.26 Å². The molecule has 0 bridgehead atoms. The molecule has 0 unspecified atom stereocenters. The van der Waals surface area contributed by atoms with Crippen LogP contribution in [0.25, 0.3) is 5.69 Å². The molecule has 0 saturated heterocycles. The van der Waals surface area contributed by atoms with Crippen molar-refractivity contribution in [3.05, 3.63) is 71.4 Å². The predicted molar refractivity (Wildman–Crippen MR) is 135 cm³/mol. The monoisotopic (exact) mass is 490 g/mol. The van der Waals surface area contributed by atoms with E-state index in [0.29, 0.717) is 20.9 Å². The maximum atomic E-state index is 12.8. The van der Waals surface area contributed by atoms with E-state index in [4.69, 9.17) is 4.74 Å². The first-order valence-corrected chi connectivity index (χ1v) is 12.1. The number of para-hydroxylation sites is 1. The summed E-state index contributed by atoms with van der Waals surface area (Å²) < 4.78 is 7.73. The number of nitriles is 1. The number of anilines is 3. The Bertz CT molecular complexity index is 1340. The molecule has 0 aliphatic carbocycles. The Morgan fingerprint density at radius 3 is 2.56 bits per heavy atom. The summed E-state index contributed by atoms with van der Waals surface area (Å²) in [5, 5.41) is 24.7. The molecule has 8 nitrogen and oxygen atoms in total. The Hall–Kier alpha value is -3.81. The number of hydrogen-bond acceptors (Lipinski definition) is 8. The van der Waals surface area contributed by atoms with Crippen molar-refractivity contribution in [2.45, 2.75) is 18.2 Å². The minimum Gasteiger partial charge on any atom is -0.497 e. The average Bonchev–Trinajstić information content (AvgIpc) is 3.40. The standard InChI is InChI=1S/C24H22N6O2S2/c1-15-16(2)30(18-7-5-4-6-8-18)22(20(15)13-25)27-21(31)14-33-24-29-28-23(34-24)26-17-9-11-19(32-3)12-10-17/h4-12H,14H2,1-3H3,(H,26,28)(H,27,31).